The monoisotopic (exact) mass is 249 g/mol. The first-order valence-corrected chi connectivity index (χ1v) is 6.25. The Balaban J connectivity index is 2.06. The molecule has 2 heteroatoms. The largest absolute Gasteiger partial charge is 0.472 e. The van der Waals surface area contributed by atoms with E-state index in [-0.39, 0.29) is 0 Å². The summed E-state index contributed by atoms with van der Waals surface area (Å²) in [5.74, 6) is 0. The van der Waals surface area contributed by atoms with Crippen LogP contribution in [0.25, 0.3) is 0 Å². The molecule has 0 bridgehead atoms. The van der Waals surface area contributed by atoms with Crippen LogP contribution in [0.1, 0.15) is 16.7 Å². The minimum atomic E-state index is 0.399. The Morgan fingerprint density at radius 1 is 0.947 bits per heavy atom. The number of nitrogens with zero attached hydrogens (tertiary/aromatic N) is 2. The molecule has 0 amide bonds. The highest BCUT2D eigenvalue weighted by molar-refractivity contribution is 5.31. The maximum atomic E-state index is 8.78. The minimum absolute atomic E-state index is 0.399. The molecule has 0 fully saturated rings. The van der Waals surface area contributed by atoms with Gasteiger partial charge in [0.05, 0.1) is 24.7 Å². The quantitative estimate of drug-likeness (QED) is 0.602. The molecule has 95 valence electrons. The van der Waals surface area contributed by atoms with Gasteiger partial charge in [0, 0.05) is 18.2 Å². The Kier molecular flexibility index (Phi) is 3.99. The molecule has 0 N–H and O–H groups in total. The number of nitriles is 1. The third-order valence-electron chi connectivity index (χ3n) is 3.01. The topological polar surface area (TPSA) is 23.8 Å². The number of hydrogen-bond acceptors (Lipinski definition) is 1. The van der Waals surface area contributed by atoms with Crippen molar-refractivity contribution in [3.05, 3.63) is 78.3 Å². The smallest absolute Gasteiger partial charge is 0.0991 e. The highest BCUT2D eigenvalue weighted by Crippen LogP contribution is 2.16. The van der Waals surface area contributed by atoms with Gasteiger partial charge in [-0.1, -0.05) is 42.5 Å². The van der Waals surface area contributed by atoms with Crippen LogP contribution in [0, 0.1) is 18.4 Å². The molecule has 1 radical (unpaired) electrons. The first-order chi connectivity index (χ1) is 9.09. The van der Waals surface area contributed by atoms with E-state index in [9.17, 15) is 0 Å². The lowest BCUT2D eigenvalue weighted by Crippen LogP contribution is -2.35. The predicted octanol–water partition coefficient (Wildman–Crippen LogP) is 3.37. The molecule has 1 unspecified atom stereocenters. The van der Waals surface area contributed by atoms with Gasteiger partial charge in [-0.05, 0) is 12.1 Å². The lowest BCUT2D eigenvalue weighted by atomic mass is 10.1. The average molecular weight is 249 g/mol. The molecular formula is C17H17N2. The Hall–Kier alpha value is -2.11. The van der Waals surface area contributed by atoms with E-state index in [0.29, 0.717) is 10.0 Å². The molecule has 2 nitrogen and oxygen atoms in total. The van der Waals surface area contributed by atoms with E-state index in [1.807, 2.05) is 49.5 Å². The van der Waals surface area contributed by atoms with E-state index >= 15 is 0 Å². The van der Waals surface area contributed by atoms with Crippen LogP contribution in [0.3, 0.4) is 0 Å². The van der Waals surface area contributed by atoms with Crippen molar-refractivity contribution >= 4 is 0 Å². The molecule has 0 aliphatic carbocycles. The first kappa shape index (κ1) is 13.3. The SMILES string of the molecule is [CH-][N+](C)(Cc1ccccc1)Cc1ccc(C#N)cc1. The van der Waals surface area contributed by atoms with E-state index in [2.05, 4.69) is 18.2 Å². The van der Waals surface area contributed by atoms with E-state index in [1.165, 1.54) is 5.56 Å². The van der Waals surface area contributed by atoms with Gasteiger partial charge >= 0.3 is 0 Å². The maximum absolute atomic E-state index is 8.78. The number of benzene rings is 2. The molecule has 0 aliphatic heterocycles. The van der Waals surface area contributed by atoms with Crippen LogP contribution >= 0.6 is 0 Å². The lowest BCUT2D eigenvalue weighted by molar-refractivity contribution is -0.893. The van der Waals surface area contributed by atoms with Gasteiger partial charge in [0.15, 0.2) is 0 Å². The van der Waals surface area contributed by atoms with Crippen molar-refractivity contribution in [2.45, 2.75) is 13.1 Å². The average Bonchev–Trinajstić information content (AvgIpc) is 2.39. The zero-order valence-corrected chi connectivity index (χ0v) is 11.1. The second-order valence-electron chi connectivity index (χ2n) is 5.09. The lowest BCUT2D eigenvalue weighted by Gasteiger charge is -2.40. The Labute approximate surface area is 115 Å². The summed E-state index contributed by atoms with van der Waals surface area (Å²) in [6, 6.07) is 19.9. The van der Waals surface area contributed by atoms with Crippen LogP contribution in [0.4, 0.5) is 0 Å². The number of rotatable bonds is 4. The summed E-state index contributed by atoms with van der Waals surface area (Å²) in [6.45, 7) is 1.52. The van der Waals surface area contributed by atoms with Crippen molar-refractivity contribution in [2.24, 2.45) is 0 Å². The van der Waals surface area contributed by atoms with E-state index in [1.54, 1.807) is 0 Å². The summed E-state index contributed by atoms with van der Waals surface area (Å²) < 4.78 is 0.399. The van der Waals surface area contributed by atoms with E-state index in [4.69, 9.17) is 12.3 Å². The van der Waals surface area contributed by atoms with Crippen molar-refractivity contribution < 1.29 is 4.48 Å². The maximum Gasteiger partial charge on any atom is 0.0991 e. The Morgan fingerprint density at radius 2 is 1.47 bits per heavy atom. The third kappa shape index (κ3) is 3.94. The van der Waals surface area contributed by atoms with Crippen LogP contribution in [-0.2, 0) is 13.1 Å². The molecule has 2 aromatic carbocycles. The molecule has 0 saturated carbocycles. The fourth-order valence-electron chi connectivity index (χ4n) is 2.16. The van der Waals surface area contributed by atoms with Gasteiger partial charge in [0.2, 0.25) is 0 Å². The summed E-state index contributed by atoms with van der Waals surface area (Å²) in [5.41, 5.74) is 3.04. The summed E-state index contributed by atoms with van der Waals surface area (Å²) in [7, 11) is 8.33. The van der Waals surface area contributed by atoms with Crippen molar-refractivity contribution in [3.8, 4) is 6.07 Å². The molecular weight excluding hydrogens is 232 g/mol. The Morgan fingerprint density at radius 3 is 2.00 bits per heavy atom. The van der Waals surface area contributed by atoms with Crippen molar-refractivity contribution in [2.75, 3.05) is 7.05 Å². The van der Waals surface area contributed by atoms with Gasteiger partial charge in [0.1, 0.15) is 0 Å². The van der Waals surface area contributed by atoms with Gasteiger partial charge < -0.3 is 4.48 Å². The Bertz CT molecular complexity index is 562. The first-order valence-electron chi connectivity index (χ1n) is 6.25. The molecule has 19 heavy (non-hydrogen) atoms. The van der Waals surface area contributed by atoms with Gasteiger partial charge in [-0.25, -0.2) is 7.05 Å². The van der Waals surface area contributed by atoms with Crippen molar-refractivity contribution in [1.29, 1.82) is 5.26 Å². The molecule has 0 saturated heterocycles. The van der Waals surface area contributed by atoms with Crippen LogP contribution in [0.5, 0.6) is 0 Å². The van der Waals surface area contributed by atoms with Gasteiger partial charge in [-0.15, -0.1) is 0 Å². The van der Waals surface area contributed by atoms with Crippen LogP contribution < -0.4 is 0 Å². The fourth-order valence-corrected chi connectivity index (χ4v) is 2.16. The minimum Gasteiger partial charge on any atom is -0.472 e. The number of quaternary nitrogens is 1. The van der Waals surface area contributed by atoms with Crippen molar-refractivity contribution in [3.63, 3.8) is 0 Å². The molecule has 0 aromatic heterocycles. The second kappa shape index (κ2) is 5.69. The standard InChI is InChI=1S/C17H17N2/c1-19(2,13-16-6-4-3-5-7-16)14-17-10-8-15(12-18)9-11-17/h1,3-11H,13-14H2,2H3. The molecule has 1 atom stereocenters. The molecule has 2 rings (SSSR count). The summed E-state index contributed by atoms with van der Waals surface area (Å²) in [6.07, 6.45) is 0. The third-order valence-corrected chi connectivity index (χ3v) is 3.01. The molecule has 0 heterocycles. The second-order valence-corrected chi connectivity index (χ2v) is 5.09. The molecule has 0 aliphatic rings. The normalized spacial score (nSPS) is 13.5. The molecule has 2 aromatic rings. The predicted molar refractivity (Wildman–Crippen MR) is 75.5 cm³/mol. The van der Waals surface area contributed by atoms with Gasteiger partial charge in [-0.3, -0.25) is 0 Å². The summed E-state index contributed by atoms with van der Waals surface area (Å²) >= 11 is 0. The summed E-state index contributed by atoms with van der Waals surface area (Å²) in [4.78, 5) is 0. The highest BCUT2D eigenvalue weighted by Gasteiger charge is 2.10. The highest BCUT2D eigenvalue weighted by atomic mass is 15.3. The van der Waals surface area contributed by atoms with Gasteiger partial charge in [0.25, 0.3) is 0 Å². The van der Waals surface area contributed by atoms with E-state index in [0.717, 1.165) is 18.7 Å². The van der Waals surface area contributed by atoms with Crippen molar-refractivity contribution in [1.82, 2.24) is 0 Å². The van der Waals surface area contributed by atoms with E-state index < -0.39 is 0 Å². The fraction of sp³-hybridized carbons (Fsp3) is 0.176. The van der Waals surface area contributed by atoms with Crippen LogP contribution in [0.15, 0.2) is 54.6 Å². The van der Waals surface area contributed by atoms with Gasteiger partial charge in [-0.2, -0.15) is 5.26 Å². The number of hydrogen-bond donors (Lipinski definition) is 0. The summed E-state index contributed by atoms with van der Waals surface area (Å²) in [5, 5.41) is 8.78. The molecule has 0 spiro atoms. The van der Waals surface area contributed by atoms with Crippen LogP contribution in [-0.4, -0.2) is 11.5 Å². The zero-order valence-electron chi connectivity index (χ0n) is 11.1. The zero-order chi connectivity index (χ0) is 13.7. The van der Waals surface area contributed by atoms with Crippen LogP contribution in [0.2, 0.25) is 0 Å².